The highest BCUT2D eigenvalue weighted by atomic mass is 16.2. The third kappa shape index (κ3) is 5.08. The lowest BCUT2D eigenvalue weighted by Crippen LogP contribution is -2.50. The lowest BCUT2D eigenvalue weighted by molar-refractivity contribution is -0.119. The molecule has 2 aromatic rings. The van der Waals surface area contributed by atoms with Crippen molar-refractivity contribution in [3.63, 3.8) is 0 Å². The molecule has 146 valence electrons. The van der Waals surface area contributed by atoms with Crippen LogP contribution in [-0.2, 0) is 4.79 Å². The summed E-state index contributed by atoms with van der Waals surface area (Å²) < 4.78 is 0. The van der Waals surface area contributed by atoms with Crippen LogP contribution in [0.25, 0.3) is 0 Å². The number of hydrogen-bond donors (Lipinski definition) is 0. The van der Waals surface area contributed by atoms with Crippen molar-refractivity contribution in [3.8, 4) is 6.07 Å². The van der Waals surface area contributed by atoms with E-state index in [1.54, 1.807) is 4.90 Å². The number of nitrogens with zero attached hydrogens (tertiary/aromatic N) is 5. The number of hydrogen-bond acceptors (Lipinski definition) is 5. The van der Waals surface area contributed by atoms with Gasteiger partial charge in [-0.2, -0.15) is 5.26 Å². The molecule has 1 saturated heterocycles. The fourth-order valence-corrected chi connectivity index (χ4v) is 3.62. The molecule has 0 spiro atoms. The molecular formula is C22H27N5O. The quantitative estimate of drug-likeness (QED) is 0.775. The number of anilines is 2. The van der Waals surface area contributed by atoms with Gasteiger partial charge in [-0.25, -0.2) is 4.98 Å². The lowest BCUT2D eigenvalue weighted by Gasteiger charge is -2.36. The minimum absolute atomic E-state index is 0.0477. The minimum Gasteiger partial charge on any atom is -0.354 e. The van der Waals surface area contributed by atoms with E-state index in [0.29, 0.717) is 19.5 Å². The molecule has 1 aromatic heterocycles. The molecule has 0 radical (unpaired) electrons. The topological polar surface area (TPSA) is 63.5 Å². The molecule has 6 heteroatoms. The number of carbonyl (C=O) groups is 1. The van der Waals surface area contributed by atoms with Crippen molar-refractivity contribution in [3.05, 3.63) is 53.7 Å². The second-order valence-corrected chi connectivity index (χ2v) is 7.25. The Bertz CT molecular complexity index is 818. The summed E-state index contributed by atoms with van der Waals surface area (Å²) in [6.07, 6.45) is 2.13. The van der Waals surface area contributed by atoms with Gasteiger partial charge in [-0.05, 0) is 49.2 Å². The summed E-state index contributed by atoms with van der Waals surface area (Å²) in [5.74, 6) is 1.03. The van der Waals surface area contributed by atoms with Gasteiger partial charge < -0.3 is 9.80 Å². The summed E-state index contributed by atoms with van der Waals surface area (Å²) in [4.78, 5) is 23.6. The van der Waals surface area contributed by atoms with E-state index in [1.807, 2.05) is 50.4 Å². The van der Waals surface area contributed by atoms with E-state index in [2.05, 4.69) is 26.9 Å². The van der Waals surface area contributed by atoms with E-state index >= 15 is 0 Å². The molecule has 0 bridgehead atoms. The maximum atomic E-state index is 13.0. The maximum Gasteiger partial charge on any atom is 0.241 e. The zero-order valence-corrected chi connectivity index (χ0v) is 16.6. The van der Waals surface area contributed by atoms with E-state index in [-0.39, 0.29) is 5.91 Å². The van der Waals surface area contributed by atoms with Crippen LogP contribution in [0.1, 0.15) is 17.5 Å². The third-order valence-corrected chi connectivity index (χ3v) is 4.97. The summed E-state index contributed by atoms with van der Waals surface area (Å²) in [6.45, 7) is 8.20. The van der Waals surface area contributed by atoms with Gasteiger partial charge in [0.25, 0.3) is 0 Å². The van der Waals surface area contributed by atoms with Crippen LogP contribution in [0.4, 0.5) is 11.5 Å². The van der Waals surface area contributed by atoms with Gasteiger partial charge in [0.05, 0.1) is 19.0 Å². The number of aromatic nitrogens is 1. The highest BCUT2D eigenvalue weighted by Crippen LogP contribution is 2.20. The van der Waals surface area contributed by atoms with Crippen molar-refractivity contribution in [2.45, 2.75) is 20.3 Å². The molecule has 28 heavy (non-hydrogen) atoms. The molecule has 1 aliphatic rings. The summed E-state index contributed by atoms with van der Waals surface area (Å²) in [6, 6.07) is 14.2. The molecule has 0 N–H and O–H groups in total. The monoisotopic (exact) mass is 377 g/mol. The third-order valence-electron chi connectivity index (χ3n) is 4.97. The number of rotatable bonds is 6. The molecule has 1 amide bonds. The van der Waals surface area contributed by atoms with Crippen LogP contribution < -0.4 is 9.80 Å². The fraction of sp³-hybridized carbons (Fsp3) is 0.409. The zero-order chi connectivity index (χ0) is 19.9. The Kier molecular flexibility index (Phi) is 6.62. The Morgan fingerprint density at radius 2 is 1.86 bits per heavy atom. The van der Waals surface area contributed by atoms with Gasteiger partial charge in [0.15, 0.2) is 0 Å². The van der Waals surface area contributed by atoms with E-state index in [4.69, 9.17) is 5.26 Å². The average molecular weight is 377 g/mol. The fourth-order valence-electron chi connectivity index (χ4n) is 3.62. The number of benzene rings is 1. The first kappa shape index (κ1) is 19.8. The standard InChI is InChI=1S/C22H27N5O/c1-18-14-19(2)16-20(15-18)27(9-5-7-23)22(28)17-25-10-12-26(13-11-25)21-6-3-4-8-24-21/h3-4,6,8,14-16H,5,9-13,17H2,1-2H3. The van der Waals surface area contributed by atoms with Gasteiger partial charge >= 0.3 is 0 Å². The molecule has 3 rings (SSSR count). The van der Waals surface area contributed by atoms with Crippen LogP contribution in [0.5, 0.6) is 0 Å². The number of pyridine rings is 1. The Morgan fingerprint density at radius 1 is 1.14 bits per heavy atom. The lowest BCUT2D eigenvalue weighted by atomic mass is 10.1. The maximum absolute atomic E-state index is 13.0. The number of amides is 1. The van der Waals surface area contributed by atoms with Gasteiger partial charge in [0.2, 0.25) is 5.91 Å². The number of carbonyl (C=O) groups excluding carboxylic acids is 1. The smallest absolute Gasteiger partial charge is 0.241 e. The van der Waals surface area contributed by atoms with Gasteiger partial charge in [-0.15, -0.1) is 0 Å². The molecule has 0 saturated carbocycles. The van der Waals surface area contributed by atoms with E-state index < -0.39 is 0 Å². The first-order valence-corrected chi connectivity index (χ1v) is 9.71. The summed E-state index contributed by atoms with van der Waals surface area (Å²) in [5, 5.41) is 9.00. The van der Waals surface area contributed by atoms with E-state index in [1.165, 1.54) is 0 Å². The highest BCUT2D eigenvalue weighted by molar-refractivity contribution is 5.95. The van der Waals surface area contributed by atoms with Crippen LogP contribution in [0.15, 0.2) is 42.6 Å². The first-order valence-electron chi connectivity index (χ1n) is 9.71. The van der Waals surface area contributed by atoms with Gasteiger partial charge in [0, 0.05) is 44.6 Å². The van der Waals surface area contributed by atoms with Crippen LogP contribution in [0, 0.1) is 25.2 Å². The number of nitriles is 1. The van der Waals surface area contributed by atoms with E-state index in [0.717, 1.165) is 48.8 Å². The van der Waals surface area contributed by atoms with Crippen LogP contribution in [0.3, 0.4) is 0 Å². The summed E-state index contributed by atoms with van der Waals surface area (Å²) in [7, 11) is 0. The zero-order valence-electron chi connectivity index (χ0n) is 16.6. The Labute approximate surface area is 167 Å². The molecule has 0 unspecified atom stereocenters. The molecule has 1 aromatic carbocycles. The van der Waals surface area contributed by atoms with Gasteiger partial charge in [-0.3, -0.25) is 9.69 Å². The molecule has 1 aliphatic heterocycles. The number of piperazine rings is 1. The normalized spacial score (nSPS) is 14.5. The van der Waals surface area contributed by atoms with Crippen LogP contribution in [-0.4, -0.2) is 55.1 Å². The minimum atomic E-state index is 0.0477. The molecule has 1 fully saturated rings. The molecule has 0 aliphatic carbocycles. The first-order chi connectivity index (χ1) is 13.6. The molecule has 0 atom stereocenters. The van der Waals surface area contributed by atoms with Gasteiger partial charge in [0.1, 0.15) is 5.82 Å². The Hall–Kier alpha value is -2.91. The van der Waals surface area contributed by atoms with Crippen molar-refractivity contribution < 1.29 is 4.79 Å². The second kappa shape index (κ2) is 9.34. The van der Waals surface area contributed by atoms with Crippen molar-refractivity contribution >= 4 is 17.4 Å². The average Bonchev–Trinajstić information content (AvgIpc) is 2.69. The van der Waals surface area contributed by atoms with E-state index in [9.17, 15) is 4.79 Å². The SMILES string of the molecule is Cc1cc(C)cc(N(CCC#N)C(=O)CN2CCN(c3ccccn3)CC2)c1. The van der Waals surface area contributed by atoms with Crippen molar-refractivity contribution in [2.75, 3.05) is 49.1 Å². The number of aryl methyl sites for hydroxylation is 2. The Balaban J connectivity index is 1.63. The largest absolute Gasteiger partial charge is 0.354 e. The highest BCUT2D eigenvalue weighted by Gasteiger charge is 2.23. The van der Waals surface area contributed by atoms with Crippen molar-refractivity contribution in [2.24, 2.45) is 0 Å². The Morgan fingerprint density at radius 3 is 2.46 bits per heavy atom. The molecular weight excluding hydrogens is 350 g/mol. The molecule has 2 heterocycles. The summed E-state index contributed by atoms with van der Waals surface area (Å²) in [5.41, 5.74) is 3.12. The molecule has 6 nitrogen and oxygen atoms in total. The van der Waals surface area contributed by atoms with Crippen molar-refractivity contribution in [1.82, 2.24) is 9.88 Å². The van der Waals surface area contributed by atoms with Crippen LogP contribution >= 0.6 is 0 Å². The van der Waals surface area contributed by atoms with Gasteiger partial charge in [-0.1, -0.05) is 12.1 Å². The predicted octanol–water partition coefficient (Wildman–Crippen LogP) is 2.77. The second-order valence-electron chi connectivity index (χ2n) is 7.25. The predicted molar refractivity (Wildman–Crippen MR) is 111 cm³/mol. The van der Waals surface area contributed by atoms with Crippen LogP contribution in [0.2, 0.25) is 0 Å². The summed E-state index contributed by atoms with van der Waals surface area (Å²) >= 11 is 0. The van der Waals surface area contributed by atoms with Crippen molar-refractivity contribution in [1.29, 1.82) is 5.26 Å².